The predicted molar refractivity (Wildman–Crippen MR) is 429 cm³/mol. The molecule has 0 saturated heterocycles. The van der Waals surface area contributed by atoms with Crippen LogP contribution < -0.4 is 0 Å². The third-order valence-electron chi connectivity index (χ3n) is 29.1. The monoisotopic (exact) mass is 1370 g/mol. The van der Waals surface area contributed by atoms with Crippen LogP contribution in [-0.2, 0) is 0 Å². The van der Waals surface area contributed by atoms with Crippen LogP contribution in [0.5, 0.6) is 0 Å². The molecule has 9 fully saturated rings. The highest BCUT2D eigenvalue weighted by atomic mass is 32.1. The second-order valence-corrected chi connectivity index (χ2v) is 38.6. The lowest BCUT2D eigenvalue weighted by molar-refractivity contribution is 0.181. The third kappa shape index (κ3) is 22.2. The van der Waals surface area contributed by atoms with Crippen LogP contribution in [0, 0.1) is 130 Å². The van der Waals surface area contributed by atoms with Crippen LogP contribution in [0.25, 0.3) is 0 Å². The first kappa shape index (κ1) is 80.1. The first-order valence-electron chi connectivity index (χ1n) is 40.9. The van der Waals surface area contributed by atoms with Crippen molar-refractivity contribution in [3.63, 3.8) is 0 Å². The molecule has 0 bridgehead atoms. The van der Waals surface area contributed by atoms with Gasteiger partial charge in [0, 0.05) is 21.6 Å². The lowest BCUT2D eigenvalue weighted by atomic mass is 9.74. The Bertz CT molecular complexity index is 2880. The van der Waals surface area contributed by atoms with Gasteiger partial charge in [-0.25, -0.2) is 0 Å². The number of benzene rings is 2. The fraction of sp³-hybridized carbons (Fsp3) is 0.702. The van der Waals surface area contributed by atoms with E-state index in [-0.39, 0.29) is 0 Å². The van der Waals surface area contributed by atoms with Crippen molar-refractivity contribution in [3.8, 4) is 0 Å². The molecule has 0 N–H and O–H groups in total. The smallest absolute Gasteiger partial charge is 0.107 e. The SMILES string of the molecule is CC1CC(C(C)(C)C)C(C)C1C.CC1CC(c2ccccc2)CC1C.CC1CC(c2ccco2)C(C)C1C.CC1CC(c2ccco2)CC1C.CC1CC(c2cccs2)C(C)C1C.CC1CC(c2cccs2)CC1C.CC1CC2CCCCC2C1C.CC1CCC(c2ccccc2)C1. The quantitative estimate of drug-likeness (QED) is 0.166. The fourth-order valence-corrected chi connectivity index (χ4v) is 22.3. The lowest BCUT2D eigenvalue weighted by Crippen LogP contribution is -2.23. The molecule has 9 aliphatic rings. The molecule has 24 atom stereocenters. The van der Waals surface area contributed by atoms with Gasteiger partial charge in [0.1, 0.15) is 11.5 Å². The van der Waals surface area contributed by atoms with Gasteiger partial charge in [-0.15, -0.1) is 22.7 Å². The minimum Gasteiger partial charge on any atom is -0.469 e. The molecule has 2 aromatic carbocycles. The van der Waals surface area contributed by atoms with Gasteiger partial charge in [-0.3, -0.25) is 0 Å². The van der Waals surface area contributed by atoms with Crippen molar-refractivity contribution in [1.82, 2.24) is 0 Å². The zero-order chi connectivity index (χ0) is 71.0. The summed E-state index contributed by atoms with van der Waals surface area (Å²) in [6.45, 7) is 50.2. The van der Waals surface area contributed by atoms with Gasteiger partial charge in [-0.1, -0.05) is 244 Å². The Morgan fingerprint density at radius 3 is 1.16 bits per heavy atom. The van der Waals surface area contributed by atoms with E-state index in [1.54, 1.807) is 39.8 Å². The van der Waals surface area contributed by atoms with E-state index in [1.165, 1.54) is 114 Å². The van der Waals surface area contributed by atoms with Crippen LogP contribution in [0.4, 0.5) is 0 Å². The van der Waals surface area contributed by atoms with Gasteiger partial charge in [-0.2, -0.15) is 0 Å². The molecule has 9 aliphatic carbocycles. The summed E-state index contributed by atoms with van der Waals surface area (Å²) in [6, 6.07) is 39.1. The molecule has 15 rings (SSSR count). The Hall–Kier alpha value is -3.60. The van der Waals surface area contributed by atoms with Crippen molar-refractivity contribution in [1.29, 1.82) is 0 Å². The third-order valence-corrected chi connectivity index (χ3v) is 31.1. The number of thiophene rings is 2. The fourth-order valence-electron chi connectivity index (χ4n) is 20.5. The van der Waals surface area contributed by atoms with E-state index in [9.17, 15) is 0 Å². The van der Waals surface area contributed by atoms with Crippen molar-refractivity contribution in [3.05, 3.63) is 165 Å². The zero-order valence-corrected chi connectivity index (χ0v) is 68.1. The molecule has 6 aromatic rings. The van der Waals surface area contributed by atoms with Gasteiger partial charge in [0.05, 0.1) is 12.5 Å². The summed E-state index contributed by atoms with van der Waals surface area (Å²) in [5.41, 5.74) is 3.60. The Morgan fingerprint density at radius 2 is 0.755 bits per heavy atom. The van der Waals surface area contributed by atoms with Crippen LogP contribution in [0.2, 0.25) is 0 Å². The summed E-state index contributed by atoms with van der Waals surface area (Å²) in [4.78, 5) is 3.20. The molecule has 2 nitrogen and oxygen atoms in total. The summed E-state index contributed by atoms with van der Waals surface area (Å²) in [6.07, 6.45) is 27.7. The Labute approximate surface area is 612 Å². The van der Waals surface area contributed by atoms with Crippen LogP contribution in [0.15, 0.2) is 141 Å². The Morgan fingerprint density at radius 1 is 0.316 bits per heavy atom. The van der Waals surface area contributed by atoms with Crippen molar-refractivity contribution in [2.75, 3.05) is 0 Å². The normalized spacial score (nSPS) is 38.3. The van der Waals surface area contributed by atoms with Gasteiger partial charge in [0.25, 0.3) is 0 Å². The average Bonchev–Trinajstić information content (AvgIpc) is 1.68. The molecule has 546 valence electrons. The van der Waals surface area contributed by atoms with Crippen LogP contribution in [-0.4, -0.2) is 0 Å². The second-order valence-electron chi connectivity index (χ2n) is 36.6. The van der Waals surface area contributed by atoms with Crippen molar-refractivity contribution in [2.45, 2.75) is 290 Å². The largest absolute Gasteiger partial charge is 0.469 e. The van der Waals surface area contributed by atoms with E-state index >= 15 is 0 Å². The topological polar surface area (TPSA) is 26.3 Å². The predicted octanol–water partition coefficient (Wildman–Crippen LogP) is 30.0. The standard InChI is InChI=1S/C13H18.C12H18O.C12H18S.C12H16.C12H24.C11H16O.C11H16S.C11H20/c1-10-8-13(9-11(10)2)12-6-4-3-5-7-12;2*1-8-7-11(10(3)9(8)2)12-5-4-6-13-12;1-10-7-8-12(9-10)11-5-3-2-4-6-11;1-8-7-11(12(4,5)6)10(3)9(8)2;2*1-8-6-10(7-9(8)2)11-4-3-5-12-11;1-8-7-10-5-3-4-6-11(10)9(8)2/h3-7,10-11,13H,8-9H2,1-2H3;2*4-6,8-11H,7H2,1-3H3;2-6,10,12H,7-9H2,1H3;8-11H,7H2,1-6H3;2*3-5,8-10H,6-7H2,1-2H3;8-11H,3-7H2,1-2H3. The maximum atomic E-state index is 5.48. The number of hydrogen-bond donors (Lipinski definition) is 0. The molecule has 4 heterocycles. The number of furan rings is 2. The highest BCUT2D eigenvalue weighted by Gasteiger charge is 2.43. The van der Waals surface area contributed by atoms with E-state index in [0.29, 0.717) is 17.3 Å². The first-order chi connectivity index (χ1) is 46.7. The van der Waals surface area contributed by atoms with Gasteiger partial charge in [0.2, 0.25) is 0 Å². The number of rotatable bonds is 6. The number of fused-ring (bicyclic) bond motifs is 1. The molecular formula is C94H146O2S2. The maximum absolute atomic E-state index is 5.48. The van der Waals surface area contributed by atoms with Gasteiger partial charge in [0.15, 0.2) is 0 Å². The highest BCUT2D eigenvalue weighted by molar-refractivity contribution is 7.10. The van der Waals surface area contributed by atoms with E-state index in [4.69, 9.17) is 8.83 Å². The van der Waals surface area contributed by atoms with Gasteiger partial charge >= 0.3 is 0 Å². The van der Waals surface area contributed by atoms with Crippen LogP contribution >= 0.6 is 22.7 Å². The lowest BCUT2D eigenvalue weighted by Gasteiger charge is -2.31. The van der Waals surface area contributed by atoms with Gasteiger partial charge < -0.3 is 8.83 Å². The molecule has 0 aliphatic heterocycles. The molecule has 9 saturated carbocycles. The van der Waals surface area contributed by atoms with Crippen LogP contribution in [0.1, 0.15) is 322 Å². The van der Waals surface area contributed by atoms with Crippen molar-refractivity contribution >= 4 is 22.7 Å². The Balaban J connectivity index is 0.000000143. The summed E-state index contributed by atoms with van der Waals surface area (Å²) >= 11 is 3.85. The summed E-state index contributed by atoms with van der Waals surface area (Å²) in [5, 5.41) is 4.40. The van der Waals surface area contributed by atoms with E-state index in [2.05, 4.69) is 253 Å². The Kier molecular flexibility index (Phi) is 31.3. The van der Waals surface area contributed by atoms with Gasteiger partial charge in [-0.05, 0) is 295 Å². The zero-order valence-electron chi connectivity index (χ0n) is 66.4. The first-order valence-corrected chi connectivity index (χ1v) is 42.7. The molecule has 0 radical (unpaired) electrons. The van der Waals surface area contributed by atoms with E-state index in [0.717, 1.165) is 148 Å². The second kappa shape index (κ2) is 38.2. The van der Waals surface area contributed by atoms with Crippen LogP contribution in [0.3, 0.4) is 0 Å². The van der Waals surface area contributed by atoms with E-state index < -0.39 is 0 Å². The molecule has 24 unspecified atom stereocenters. The molecule has 4 aromatic heterocycles. The molecule has 98 heavy (non-hydrogen) atoms. The molecule has 4 heteroatoms. The summed E-state index contributed by atoms with van der Waals surface area (Å²) in [5.74, 6) is 26.5. The molecule has 0 amide bonds. The highest BCUT2D eigenvalue weighted by Crippen LogP contribution is 2.52. The van der Waals surface area contributed by atoms with Crippen molar-refractivity contribution < 1.29 is 8.83 Å². The maximum Gasteiger partial charge on any atom is 0.107 e. The minimum absolute atomic E-state index is 0.512. The molecular weight excluding hydrogens is 1230 g/mol. The average molecular weight is 1370 g/mol. The van der Waals surface area contributed by atoms with E-state index in [1.807, 2.05) is 34.8 Å². The summed E-state index contributed by atoms with van der Waals surface area (Å²) < 4.78 is 10.9. The van der Waals surface area contributed by atoms with Crippen molar-refractivity contribution in [2.24, 2.45) is 130 Å². The minimum atomic E-state index is 0.512. The number of hydrogen-bond acceptors (Lipinski definition) is 4. The molecule has 0 spiro atoms. The summed E-state index contributed by atoms with van der Waals surface area (Å²) in [7, 11) is 0.